The Hall–Kier alpha value is -2.43. The van der Waals surface area contributed by atoms with Gasteiger partial charge in [-0.15, -0.1) is 0 Å². The molecule has 0 radical (unpaired) electrons. The average molecular weight is 245 g/mol. The molecule has 1 amide bonds. The zero-order chi connectivity index (χ0) is 13.0. The van der Waals surface area contributed by atoms with Crippen molar-refractivity contribution in [2.75, 3.05) is 11.1 Å². The molecule has 2 aromatic rings. The van der Waals surface area contributed by atoms with Crippen LogP contribution in [0.25, 0.3) is 0 Å². The number of carbonyl (C=O) groups is 1. The van der Waals surface area contributed by atoms with Crippen LogP contribution in [0.1, 0.15) is 5.56 Å². The van der Waals surface area contributed by atoms with E-state index in [1.807, 2.05) is 0 Å². The number of nitrogens with zero attached hydrogens (tertiary/aromatic N) is 1. The van der Waals surface area contributed by atoms with Crippen molar-refractivity contribution in [1.29, 1.82) is 0 Å². The van der Waals surface area contributed by atoms with Gasteiger partial charge in [0.15, 0.2) is 0 Å². The number of amides is 1. The van der Waals surface area contributed by atoms with Gasteiger partial charge in [0.25, 0.3) is 0 Å². The van der Waals surface area contributed by atoms with Crippen LogP contribution in [0.5, 0.6) is 0 Å². The fourth-order valence-electron chi connectivity index (χ4n) is 1.52. The van der Waals surface area contributed by atoms with E-state index in [9.17, 15) is 9.18 Å². The minimum absolute atomic E-state index is 0.0917. The molecule has 0 aliphatic heterocycles. The molecule has 0 fully saturated rings. The summed E-state index contributed by atoms with van der Waals surface area (Å²) in [5, 5.41) is 2.49. The third kappa shape index (κ3) is 3.04. The van der Waals surface area contributed by atoms with Gasteiger partial charge in [-0.25, -0.2) is 4.39 Å². The van der Waals surface area contributed by atoms with Crippen LogP contribution < -0.4 is 11.1 Å². The van der Waals surface area contributed by atoms with Gasteiger partial charge in [0, 0.05) is 18.1 Å². The van der Waals surface area contributed by atoms with E-state index >= 15 is 0 Å². The van der Waals surface area contributed by atoms with Gasteiger partial charge in [0.05, 0.1) is 12.1 Å². The maximum absolute atomic E-state index is 13.4. The Kier molecular flexibility index (Phi) is 3.52. The predicted molar refractivity (Wildman–Crippen MR) is 67.4 cm³/mol. The number of pyridine rings is 1. The van der Waals surface area contributed by atoms with E-state index < -0.39 is 5.82 Å². The lowest BCUT2D eigenvalue weighted by Crippen LogP contribution is -2.15. The second-order valence-electron chi connectivity index (χ2n) is 3.82. The molecular formula is C13H12FN3O. The number of hydrogen-bond donors (Lipinski definition) is 2. The molecule has 18 heavy (non-hydrogen) atoms. The Labute approximate surface area is 104 Å². The van der Waals surface area contributed by atoms with Crippen molar-refractivity contribution in [3.05, 3.63) is 54.1 Å². The SMILES string of the molecule is Nc1ccc(F)c(NC(=O)Cc2ccncc2)c1. The fourth-order valence-corrected chi connectivity index (χ4v) is 1.52. The Morgan fingerprint density at radius 3 is 2.72 bits per heavy atom. The summed E-state index contributed by atoms with van der Waals surface area (Å²) in [7, 11) is 0. The largest absolute Gasteiger partial charge is 0.399 e. The third-order valence-electron chi connectivity index (χ3n) is 2.38. The van der Waals surface area contributed by atoms with Gasteiger partial charge in [-0.3, -0.25) is 9.78 Å². The number of benzene rings is 1. The van der Waals surface area contributed by atoms with Crippen LogP contribution in [-0.2, 0) is 11.2 Å². The quantitative estimate of drug-likeness (QED) is 0.812. The highest BCUT2D eigenvalue weighted by Crippen LogP contribution is 2.17. The topological polar surface area (TPSA) is 68.0 Å². The average Bonchev–Trinajstić information content (AvgIpc) is 2.35. The molecule has 5 heteroatoms. The van der Waals surface area contributed by atoms with Crippen LogP contribution in [0.2, 0.25) is 0 Å². The van der Waals surface area contributed by atoms with Crippen LogP contribution >= 0.6 is 0 Å². The Balaban J connectivity index is 2.05. The summed E-state index contributed by atoms with van der Waals surface area (Å²) in [5.41, 5.74) is 6.83. The molecular weight excluding hydrogens is 233 g/mol. The lowest BCUT2D eigenvalue weighted by Gasteiger charge is -2.07. The summed E-state index contributed by atoms with van der Waals surface area (Å²) >= 11 is 0. The molecule has 0 bridgehead atoms. The van der Waals surface area contributed by atoms with E-state index in [1.54, 1.807) is 24.5 Å². The minimum Gasteiger partial charge on any atom is -0.399 e. The van der Waals surface area contributed by atoms with Crippen molar-refractivity contribution in [1.82, 2.24) is 4.98 Å². The van der Waals surface area contributed by atoms with E-state index in [1.165, 1.54) is 18.2 Å². The normalized spacial score (nSPS) is 10.1. The van der Waals surface area contributed by atoms with E-state index in [4.69, 9.17) is 5.73 Å². The van der Waals surface area contributed by atoms with Crippen molar-refractivity contribution in [2.45, 2.75) is 6.42 Å². The fraction of sp³-hybridized carbons (Fsp3) is 0.0769. The van der Waals surface area contributed by atoms with Crippen LogP contribution in [0.15, 0.2) is 42.7 Å². The Bertz CT molecular complexity index is 557. The first-order chi connectivity index (χ1) is 8.65. The summed E-state index contributed by atoms with van der Waals surface area (Å²) in [5.74, 6) is -0.807. The molecule has 2 rings (SSSR count). The third-order valence-corrected chi connectivity index (χ3v) is 2.38. The molecule has 0 saturated carbocycles. The highest BCUT2D eigenvalue weighted by Gasteiger charge is 2.08. The van der Waals surface area contributed by atoms with Gasteiger partial charge in [0.2, 0.25) is 5.91 Å². The summed E-state index contributed by atoms with van der Waals surface area (Å²) in [6.07, 6.45) is 3.37. The van der Waals surface area contributed by atoms with E-state index in [0.717, 1.165) is 5.56 Å². The van der Waals surface area contributed by atoms with Crippen molar-refractivity contribution in [3.63, 3.8) is 0 Å². The minimum atomic E-state index is -0.507. The number of nitrogen functional groups attached to an aromatic ring is 1. The maximum Gasteiger partial charge on any atom is 0.228 e. The van der Waals surface area contributed by atoms with Crippen molar-refractivity contribution in [2.24, 2.45) is 0 Å². The van der Waals surface area contributed by atoms with Crippen LogP contribution in [0.4, 0.5) is 15.8 Å². The lowest BCUT2D eigenvalue weighted by atomic mass is 10.2. The number of carbonyl (C=O) groups excluding carboxylic acids is 1. The second-order valence-corrected chi connectivity index (χ2v) is 3.82. The van der Waals surface area contributed by atoms with Gasteiger partial charge in [-0.1, -0.05) is 0 Å². The first kappa shape index (κ1) is 12.0. The van der Waals surface area contributed by atoms with Gasteiger partial charge < -0.3 is 11.1 Å². The molecule has 4 nitrogen and oxygen atoms in total. The number of rotatable bonds is 3. The van der Waals surface area contributed by atoms with E-state index in [-0.39, 0.29) is 18.0 Å². The number of nitrogens with two attached hydrogens (primary N) is 1. The zero-order valence-corrected chi connectivity index (χ0v) is 9.56. The van der Waals surface area contributed by atoms with Crippen LogP contribution in [-0.4, -0.2) is 10.9 Å². The molecule has 1 aromatic carbocycles. The summed E-state index contributed by atoms with van der Waals surface area (Å²) < 4.78 is 13.4. The lowest BCUT2D eigenvalue weighted by molar-refractivity contribution is -0.115. The number of anilines is 2. The Morgan fingerprint density at radius 2 is 2.00 bits per heavy atom. The van der Waals surface area contributed by atoms with Crippen LogP contribution in [0, 0.1) is 5.82 Å². The van der Waals surface area contributed by atoms with Gasteiger partial charge >= 0.3 is 0 Å². The number of halogens is 1. The zero-order valence-electron chi connectivity index (χ0n) is 9.56. The number of aromatic nitrogens is 1. The first-order valence-corrected chi connectivity index (χ1v) is 5.39. The molecule has 0 unspecified atom stereocenters. The number of nitrogens with one attached hydrogen (secondary N) is 1. The van der Waals surface area contributed by atoms with E-state index in [2.05, 4.69) is 10.3 Å². The van der Waals surface area contributed by atoms with Gasteiger partial charge in [0.1, 0.15) is 5.82 Å². The van der Waals surface area contributed by atoms with Crippen molar-refractivity contribution in [3.8, 4) is 0 Å². The second kappa shape index (κ2) is 5.27. The van der Waals surface area contributed by atoms with Crippen LogP contribution in [0.3, 0.4) is 0 Å². The molecule has 1 aromatic heterocycles. The van der Waals surface area contributed by atoms with E-state index in [0.29, 0.717) is 5.69 Å². The van der Waals surface area contributed by atoms with Gasteiger partial charge in [-0.2, -0.15) is 0 Å². The summed E-state index contributed by atoms with van der Waals surface area (Å²) in [4.78, 5) is 15.6. The molecule has 0 spiro atoms. The molecule has 92 valence electrons. The van der Waals surface area contributed by atoms with Crippen molar-refractivity contribution < 1.29 is 9.18 Å². The maximum atomic E-state index is 13.4. The summed E-state index contributed by atoms with van der Waals surface area (Å²) in [6, 6.07) is 7.51. The highest BCUT2D eigenvalue weighted by atomic mass is 19.1. The van der Waals surface area contributed by atoms with Crippen molar-refractivity contribution >= 4 is 17.3 Å². The standard InChI is InChI=1S/C13H12FN3O/c14-11-2-1-10(15)8-12(11)17-13(18)7-9-3-5-16-6-4-9/h1-6,8H,7,15H2,(H,17,18). The number of hydrogen-bond acceptors (Lipinski definition) is 3. The molecule has 0 aliphatic carbocycles. The first-order valence-electron chi connectivity index (χ1n) is 5.39. The molecule has 0 aliphatic rings. The molecule has 1 heterocycles. The Morgan fingerprint density at radius 1 is 1.28 bits per heavy atom. The molecule has 0 saturated heterocycles. The molecule has 0 atom stereocenters. The predicted octanol–water partition coefficient (Wildman–Crippen LogP) is 1.98. The highest BCUT2D eigenvalue weighted by molar-refractivity contribution is 5.92. The van der Waals surface area contributed by atoms with Gasteiger partial charge in [-0.05, 0) is 35.9 Å². The smallest absolute Gasteiger partial charge is 0.228 e. The summed E-state index contributed by atoms with van der Waals surface area (Å²) in [6.45, 7) is 0. The molecule has 3 N–H and O–H groups in total. The monoisotopic (exact) mass is 245 g/mol.